The monoisotopic (exact) mass is 306 g/mol. The van der Waals surface area contributed by atoms with Gasteiger partial charge in [0.25, 0.3) is 0 Å². The van der Waals surface area contributed by atoms with Crippen molar-refractivity contribution in [2.75, 3.05) is 26.2 Å². The summed E-state index contributed by atoms with van der Waals surface area (Å²) in [7, 11) is 0. The number of rotatable bonds is 6. The van der Waals surface area contributed by atoms with Crippen molar-refractivity contribution < 1.29 is 9.18 Å². The molecule has 1 atom stereocenters. The molecule has 1 fully saturated rings. The van der Waals surface area contributed by atoms with Crippen LogP contribution in [-0.4, -0.2) is 37.0 Å². The molecule has 2 rings (SSSR count). The van der Waals surface area contributed by atoms with Gasteiger partial charge in [-0.1, -0.05) is 32.0 Å². The first kappa shape index (κ1) is 16.9. The van der Waals surface area contributed by atoms with E-state index in [2.05, 4.69) is 12.2 Å². The molecule has 0 aromatic heterocycles. The first-order chi connectivity index (χ1) is 10.6. The Bertz CT molecular complexity index is 484. The fourth-order valence-electron chi connectivity index (χ4n) is 3.10. The number of carbonyl (C=O) groups excluding carboxylic acids is 1. The van der Waals surface area contributed by atoms with Crippen molar-refractivity contribution >= 4 is 5.91 Å². The highest BCUT2D eigenvalue weighted by Gasteiger charge is 2.26. The smallest absolute Gasteiger partial charge is 0.225 e. The van der Waals surface area contributed by atoms with Gasteiger partial charge in [0.1, 0.15) is 5.82 Å². The average Bonchev–Trinajstić information content (AvgIpc) is 2.55. The molecule has 1 aliphatic heterocycles. The van der Waals surface area contributed by atoms with Gasteiger partial charge >= 0.3 is 0 Å². The number of likely N-dealkylation sites (tertiary alicyclic amines) is 1. The molecular weight excluding hydrogens is 279 g/mol. The van der Waals surface area contributed by atoms with Crippen LogP contribution in [0, 0.1) is 17.7 Å². The minimum Gasteiger partial charge on any atom is -0.342 e. The maximum Gasteiger partial charge on any atom is 0.225 e. The van der Waals surface area contributed by atoms with Crippen LogP contribution in [-0.2, 0) is 11.2 Å². The Balaban J connectivity index is 1.83. The Kier molecular flexibility index (Phi) is 6.37. The van der Waals surface area contributed by atoms with E-state index < -0.39 is 0 Å². The Morgan fingerprint density at radius 3 is 2.68 bits per heavy atom. The second kappa shape index (κ2) is 8.28. The molecule has 22 heavy (non-hydrogen) atoms. The predicted molar refractivity (Wildman–Crippen MR) is 87.1 cm³/mol. The second-order valence-corrected chi connectivity index (χ2v) is 6.27. The molecule has 1 N–H and O–H groups in total. The number of hydrogen-bond donors (Lipinski definition) is 1. The highest BCUT2D eigenvalue weighted by atomic mass is 19.1. The van der Waals surface area contributed by atoms with E-state index >= 15 is 0 Å². The molecule has 122 valence electrons. The SMILES string of the molecule is CCNCC1CCN(C(=O)C(C)Cc2ccccc2F)CC1. The van der Waals surface area contributed by atoms with E-state index in [0.717, 1.165) is 39.0 Å². The van der Waals surface area contributed by atoms with Crippen LogP contribution >= 0.6 is 0 Å². The number of piperidine rings is 1. The first-order valence-electron chi connectivity index (χ1n) is 8.34. The van der Waals surface area contributed by atoms with Crippen molar-refractivity contribution in [3.8, 4) is 0 Å². The van der Waals surface area contributed by atoms with E-state index in [4.69, 9.17) is 0 Å². The Hall–Kier alpha value is -1.42. The maximum absolute atomic E-state index is 13.7. The molecule has 0 spiro atoms. The van der Waals surface area contributed by atoms with Gasteiger partial charge in [-0.3, -0.25) is 4.79 Å². The van der Waals surface area contributed by atoms with Gasteiger partial charge in [-0.05, 0) is 49.9 Å². The zero-order valence-electron chi connectivity index (χ0n) is 13.6. The number of nitrogens with zero attached hydrogens (tertiary/aromatic N) is 1. The van der Waals surface area contributed by atoms with Crippen molar-refractivity contribution in [3.63, 3.8) is 0 Å². The quantitative estimate of drug-likeness (QED) is 0.876. The highest BCUT2D eigenvalue weighted by Crippen LogP contribution is 2.20. The molecule has 0 saturated carbocycles. The summed E-state index contributed by atoms with van der Waals surface area (Å²) in [5, 5.41) is 3.38. The van der Waals surface area contributed by atoms with Gasteiger partial charge in [-0.2, -0.15) is 0 Å². The predicted octanol–water partition coefficient (Wildman–Crippen LogP) is 2.85. The maximum atomic E-state index is 13.7. The number of carbonyl (C=O) groups is 1. The summed E-state index contributed by atoms with van der Waals surface area (Å²) < 4.78 is 13.7. The third-order valence-corrected chi connectivity index (χ3v) is 4.51. The molecular formula is C18H27FN2O. The first-order valence-corrected chi connectivity index (χ1v) is 8.34. The number of hydrogen-bond acceptors (Lipinski definition) is 2. The van der Waals surface area contributed by atoms with Gasteiger partial charge in [0.2, 0.25) is 5.91 Å². The summed E-state index contributed by atoms with van der Waals surface area (Å²) in [6.45, 7) is 7.72. The van der Waals surface area contributed by atoms with Gasteiger partial charge in [0.05, 0.1) is 0 Å². The second-order valence-electron chi connectivity index (χ2n) is 6.27. The fraction of sp³-hybridized carbons (Fsp3) is 0.611. The molecule has 3 nitrogen and oxygen atoms in total. The van der Waals surface area contributed by atoms with Crippen molar-refractivity contribution in [3.05, 3.63) is 35.6 Å². The minimum absolute atomic E-state index is 0.158. The lowest BCUT2D eigenvalue weighted by atomic mass is 9.94. The lowest BCUT2D eigenvalue weighted by Gasteiger charge is -2.33. The summed E-state index contributed by atoms with van der Waals surface area (Å²) in [6.07, 6.45) is 2.60. The van der Waals surface area contributed by atoms with Gasteiger partial charge in [-0.15, -0.1) is 0 Å². The van der Waals surface area contributed by atoms with Crippen molar-refractivity contribution in [1.29, 1.82) is 0 Å². The van der Waals surface area contributed by atoms with Gasteiger partial charge in [-0.25, -0.2) is 4.39 Å². The van der Waals surface area contributed by atoms with E-state index in [1.54, 1.807) is 12.1 Å². The molecule has 1 saturated heterocycles. The highest BCUT2D eigenvalue weighted by molar-refractivity contribution is 5.78. The molecule has 1 aromatic carbocycles. The van der Waals surface area contributed by atoms with Crippen LogP contribution in [0.5, 0.6) is 0 Å². The van der Waals surface area contributed by atoms with E-state index in [-0.39, 0.29) is 17.6 Å². The van der Waals surface area contributed by atoms with Crippen LogP contribution in [0.25, 0.3) is 0 Å². The molecule has 1 aromatic rings. The number of halogens is 1. The Morgan fingerprint density at radius 1 is 1.36 bits per heavy atom. The Labute approximate surface area is 132 Å². The summed E-state index contributed by atoms with van der Waals surface area (Å²) >= 11 is 0. The molecule has 1 unspecified atom stereocenters. The van der Waals surface area contributed by atoms with Crippen LogP contribution in [0.2, 0.25) is 0 Å². The van der Waals surface area contributed by atoms with Gasteiger partial charge in [0.15, 0.2) is 0 Å². The number of nitrogens with one attached hydrogen (secondary N) is 1. The van der Waals surface area contributed by atoms with Crippen molar-refractivity contribution in [2.24, 2.45) is 11.8 Å². The van der Waals surface area contributed by atoms with E-state index in [1.807, 2.05) is 17.9 Å². The lowest BCUT2D eigenvalue weighted by molar-refractivity contribution is -0.136. The van der Waals surface area contributed by atoms with E-state index in [0.29, 0.717) is 17.9 Å². The average molecular weight is 306 g/mol. The van der Waals surface area contributed by atoms with Crippen LogP contribution in [0.1, 0.15) is 32.3 Å². The van der Waals surface area contributed by atoms with Crippen LogP contribution in [0.4, 0.5) is 4.39 Å². The zero-order chi connectivity index (χ0) is 15.9. The summed E-state index contributed by atoms with van der Waals surface area (Å²) in [4.78, 5) is 14.5. The molecule has 0 radical (unpaired) electrons. The van der Waals surface area contributed by atoms with Crippen molar-refractivity contribution in [1.82, 2.24) is 10.2 Å². The standard InChI is InChI=1S/C18H27FN2O/c1-3-20-13-15-8-10-21(11-9-15)18(22)14(2)12-16-6-4-5-7-17(16)19/h4-7,14-15,20H,3,8-13H2,1-2H3. The molecule has 0 aliphatic carbocycles. The largest absolute Gasteiger partial charge is 0.342 e. The van der Waals surface area contributed by atoms with E-state index in [9.17, 15) is 9.18 Å². The number of amides is 1. The summed E-state index contributed by atoms with van der Waals surface area (Å²) in [5.74, 6) is 0.449. The molecule has 1 amide bonds. The summed E-state index contributed by atoms with van der Waals surface area (Å²) in [5.41, 5.74) is 0.630. The van der Waals surface area contributed by atoms with Crippen LogP contribution in [0.15, 0.2) is 24.3 Å². The number of benzene rings is 1. The van der Waals surface area contributed by atoms with Gasteiger partial charge in [0, 0.05) is 19.0 Å². The zero-order valence-corrected chi connectivity index (χ0v) is 13.6. The van der Waals surface area contributed by atoms with Crippen molar-refractivity contribution in [2.45, 2.75) is 33.1 Å². The topological polar surface area (TPSA) is 32.3 Å². The molecule has 1 aliphatic rings. The Morgan fingerprint density at radius 2 is 2.05 bits per heavy atom. The molecule has 4 heteroatoms. The fourth-order valence-corrected chi connectivity index (χ4v) is 3.10. The third kappa shape index (κ3) is 4.54. The minimum atomic E-state index is -0.216. The molecule has 0 bridgehead atoms. The van der Waals surface area contributed by atoms with Gasteiger partial charge < -0.3 is 10.2 Å². The van der Waals surface area contributed by atoms with Crippen LogP contribution in [0.3, 0.4) is 0 Å². The third-order valence-electron chi connectivity index (χ3n) is 4.51. The lowest BCUT2D eigenvalue weighted by Crippen LogP contribution is -2.43. The molecule has 1 heterocycles. The van der Waals surface area contributed by atoms with Crippen LogP contribution < -0.4 is 5.32 Å². The normalized spacial score (nSPS) is 17.5. The summed E-state index contributed by atoms with van der Waals surface area (Å²) in [6, 6.07) is 6.72. The van der Waals surface area contributed by atoms with E-state index in [1.165, 1.54) is 6.07 Å².